The molecule has 0 saturated carbocycles. The van der Waals surface area contributed by atoms with Crippen molar-refractivity contribution in [2.45, 2.75) is 33.7 Å². The maximum atomic E-state index is 12.8. The maximum absolute atomic E-state index is 12.8. The fraction of sp³-hybridized carbons (Fsp3) is 0.318. The van der Waals surface area contributed by atoms with Crippen molar-refractivity contribution in [2.75, 3.05) is 14.2 Å². The van der Waals surface area contributed by atoms with Crippen LogP contribution < -0.4 is 14.8 Å². The number of fused-ring (bicyclic) bond motifs is 1. The lowest BCUT2D eigenvalue weighted by atomic mass is 10.0. The quantitative estimate of drug-likeness (QED) is 0.693. The Balaban J connectivity index is 1.86. The molecule has 3 rings (SSSR count). The number of hydrogen-bond donors (Lipinski definition) is 2. The number of aromatic nitrogens is 1. The normalized spacial score (nSPS) is 12.1. The molecule has 1 atom stereocenters. The lowest BCUT2D eigenvalue weighted by molar-refractivity contribution is 0.0940. The van der Waals surface area contributed by atoms with Gasteiger partial charge in [-0.3, -0.25) is 4.79 Å². The van der Waals surface area contributed by atoms with Crippen LogP contribution in [0, 0.1) is 20.8 Å². The van der Waals surface area contributed by atoms with Crippen molar-refractivity contribution >= 4 is 16.8 Å². The minimum atomic E-state index is -0.165. The van der Waals surface area contributed by atoms with Crippen molar-refractivity contribution in [3.63, 3.8) is 0 Å². The average molecular weight is 366 g/mol. The lowest BCUT2D eigenvalue weighted by Crippen LogP contribution is -2.27. The van der Waals surface area contributed by atoms with Crippen molar-refractivity contribution < 1.29 is 14.3 Å². The van der Waals surface area contributed by atoms with E-state index in [2.05, 4.69) is 17.2 Å². The molecule has 1 heterocycles. The van der Waals surface area contributed by atoms with Crippen LogP contribution in [-0.2, 0) is 0 Å². The molecule has 0 spiro atoms. The standard InChI is InChI=1S/C22H26N2O3/c1-12-9-20(26-5)21(27-6)11-17(12)15(4)24-22(25)16-7-8-19-18(10-16)13(2)14(3)23-19/h7-11,15,23H,1-6H3,(H,24,25). The number of rotatable bonds is 5. The third-order valence-electron chi connectivity index (χ3n) is 5.16. The van der Waals surface area contributed by atoms with E-state index >= 15 is 0 Å². The highest BCUT2D eigenvalue weighted by Gasteiger charge is 2.17. The third-order valence-corrected chi connectivity index (χ3v) is 5.16. The number of benzene rings is 2. The summed E-state index contributed by atoms with van der Waals surface area (Å²) in [5, 5.41) is 4.17. The largest absolute Gasteiger partial charge is 0.493 e. The minimum absolute atomic E-state index is 0.100. The van der Waals surface area contributed by atoms with Crippen molar-refractivity contribution in [3.05, 3.63) is 58.3 Å². The van der Waals surface area contributed by atoms with Gasteiger partial charge in [-0.1, -0.05) is 0 Å². The Bertz CT molecular complexity index is 1000. The fourth-order valence-electron chi connectivity index (χ4n) is 3.42. The molecule has 0 aliphatic heterocycles. The number of methoxy groups -OCH3 is 2. The van der Waals surface area contributed by atoms with Gasteiger partial charge in [0.05, 0.1) is 20.3 Å². The summed E-state index contributed by atoms with van der Waals surface area (Å²) in [4.78, 5) is 16.1. The van der Waals surface area contributed by atoms with Crippen LogP contribution in [0.1, 0.15) is 45.7 Å². The van der Waals surface area contributed by atoms with Gasteiger partial charge < -0.3 is 19.8 Å². The number of aryl methyl sites for hydroxylation is 3. The predicted molar refractivity (Wildman–Crippen MR) is 108 cm³/mol. The van der Waals surface area contributed by atoms with Gasteiger partial charge in [-0.15, -0.1) is 0 Å². The van der Waals surface area contributed by atoms with Gasteiger partial charge in [0.25, 0.3) is 5.91 Å². The smallest absolute Gasteiger partial charge is 0.251 e. The second-order valence-electron chi connectivity index (χ2n) is 6.89. The Morgan fingerprint density at radius 2 is 1.70 bits per heavy atom. The van der Waals surface area contributed by atoms with Crippen LogP contribution in [0.4, 0.5) is 0 Å². The number of H-pyrrole nitrogens is 1. The number of ether oxygens (including phenoxy) is 2. The molecule has 0 radical (unpaired) electrons. The number of nitrogens with one attached hydrogen (secondary N) is 2. The molecule has 2 aromatic carbocycles. The third kappa shape index (κ3) is 3.50. The van der Waals surface area contributed by atoms with Crippen LogP contribution in [0.15, 0.2) is 30.3 Å². The monoisotopic (exact) mass is 366 g/mol. The highest BCUT2D eigenvalue weighted by Crippen LogP contribution is 2.33. The van der Waals surface area contributed by atoms with E-state index in [-0.39, 0.29) is 11.9 Å². The Labute approximate surface area is 159 Å². The minimum Gasteiger partial charge on any atom is -0.493 e. The summed E-state index contributed by atoms with van der Waals surface area (Å²) in [5.74, 6) is 1.23. The van der Waals surface area contributed by atoms with Crippen LogP contribution in [0.2, 0.25) is 0 Å². The van der Waals surface area contributed by atoms with Crippen LogP contribution in [-0.4, -0.2) is 25.1 Å². The van der Waals surface area contributed by atoms with Crippen LogP contribution >= 0.6 is 0 Å². The van der Waals surface area contributed by atoms with E-state index < -0.39 is 0 Å². The van der Waals surface area contributed by atoms with E-state index in [4.69, 9.17) is 9.47 Å². The highest BCUT2D eigenvalue weighted by molar-refractivity contribution is 5.99. The summed E-state index contributed by atoms with van der Waals surface area (Å²) >= 11 is 0. The maximum Gasteiger partial charge on any atom is 0.251 e. The van der Waals surface area contributed by atoms with E-state index in [1.54, 1.807) is 14.2 Å². The fourth-order valence-corrected chi connectivity index (χ4v) is 3.42. The number of hydrogen-bond acceptors (Lipinski definition) is 3. The van der Waals surface area contributed by atoms with E-state index in [0.29, 0.717) is 17.1 Å². The van der Waals surface area contributed by atoms with E-state index in [9.17, 15) is 4.79 Å². The molecule has 1 unspecified atom stereocenters. The number of aromatic amines is 1. The molecule has 2 N–H and O–H groups in total. The first-order valence-electron chi connectivity index (χ1n) is 8.98. The Hall–Kier alpha value is -2.95. The van der Waals surface area contributed by atoms with Crippen LogP contribution in [0.3, 0.4) is 0 Å². The molecule has 0 saturated heterocycles. The molecule has 0 bridgehead atoms. The zero-order chi connectivity index (χ0) is 19.7. The lowest BCUT2D eigenvalue weighted by Gasteiger charge is -2.19. The first-order valence-corrected chi connectivity index (χ1v) is 8.98. The molecule has 0 aliphatic rings. The van der Waals surface area contributed by atoms with Crippen molar-refractivity contribution in [3.8, 4) is 11.5 Å². The summed E-state index contributed by atoms with van der Waals surface area (Å²) in [6.07, 6.45) is 0. The number of carbonyl (C=O) groups excluding carboxylic acids is 1. The molecule has 27 heavy (non-hydrogen) atoms. The molecule has 3 aromatic rings. The van der Waals surface area contributed by atoms with Crippen LogP contribution in [0.25, 0.3) is 10.9 Å². The van der Waals surface area contributed by atoms with Crippen molar-refractivity contribution in [1.29, 1.82) is 0 Å². The summed E-state index contributed by atoms with van der Waals surface area (Å²) in [5.41, 5.74) is 6.02. The topological polar surface area (TPSA) is 63.3 Å². The van der Waals surface area contributed by atoms with Gasteiger partial charge in [0.1, 0.15) is 0 Å². The number of amides is 1. The van der Waals surface area contributed by atoms with Crippen molar-refractivity contribution in [1.82, 2.24) is 10.3 Å². The summed E-state index contributed by atoms with van der Waals surface area (Å²) in [7, 11) is 3.22. The van der Waals surface area contributed by atoms with E-state index in [1.807, 2.05) is 51.1 Å². The molecule has 5 nitrogen and oxygen atoms in total. The molecule has 5 heteroatoms. The van der Waals surface area contributed by atoms with Gasteiger partial charge >= 0.3 is 0 Å². The Kier molecular flexibility index (Phi) is 5.13. The highest BCUT2D eigenvalue weighted by atomic mass is 16.5. The van der Waals surface area contributed by atoms with Gasteiger partial charge in [-0.2, -0.15) is 0 Å². The molecule has 0 aliphatic carbocycles. The van der Waals surface area contributed by atoms with E-state index in [0.717, 1.165) is 27.7 Å². The summed E-state index contributed by atoms with van der Waals surface area (Å²) in [6.45, 7) is 8.07. The van der Waals surface area contributed by atoms with Gasteiger partial charge in [-0.05, 0) is 74.7 Å². The zero-order valence-electron chi connectivity index (χ0n) is 16.7. The molecule has 0 fully saturated rings. The van der Waals surface area contributed by atoms with Gasteiger partial charge in [0, 0.05) is 22.2 Å². The number of carbonyl (C=O) groups is 1. The van der Waals surface area contributed by atoms with Crippen LogP contribution in [0.5, 0.6) is 11.5 Å². The molecular weight excluding hydrogens is 340 g/mol. The molecule has 142 valence electrons. The van der Waals surface area contributed by atoms with E-state index in [1.165, 1.54) is 5.56 Å². The summed E-state index contributed by atoms with van der Waals surface area (Å²) in [6, 6.07) is 9.42. The van der Waals surface area contributed by atoms with Gasteiger partial charge in [0.15, 0.2) is 11.5 Å². The first-order chi connectivity index (χ1) is 12.8. The molecule has 1 amide bonds. The average Bonchev–Trinajstić information content (AvgIpc) is 2.94. The molecule has 1 aromatic heterocycles. The zero-order valence-corrected chi connectivity index (χ0v) is 16.7. The second kappa shape index (κ2) is 7.35. The van der Waals surface area contributed by atoms with Gasteiger partial charge in [0.2, 0.25) is 0 Å². The Morgan fingerprint density at radius 3 is 2.37 bits per heavy atom. The molecular formula is C22H26N2O3. The summed E-state index contributed by atoms with van der Waals surface area (Å²) < 4.78 is 10.7. The first kappa shape index (κ1) is 18.8. The second-order valence-corrected chi connectivity index (χ2v) is 6.89. The van der Waals surface area contributed by atoms with Gasteiger partial charge in [-0.25, -0.2) is 0 Å². The predicted octanol–water partition coefficient (Wildman–Crippen LogP) is 4.60. The SMILES string of the molecule is COc1cc(C)c(C(C)NC(=O)c2ccc3[nH]c(C)c(C)c3c2)cc1OC. The Morgan fingerprint density at radius 1 is 1.04 bits per heavy atom. The van der Waals surface area contributed by atoms with Crippen molar-refractivity contribution in [2.24, 2.45) is 0 Å².